The molecular formula is C13H15NO2. The first-order valence-corrected chi connectivity index (χ1v) is 5.38. The number of nitrogens with zero attached hydrogens (tertiary/aromatic N) is 1. The largest absolute Gasteiger partial charge is 0.477 e. The molecule has 0 spiro atoms. The molecule has 84 valence electrons. The van der Waals surface area contributed by atoms with E-state index in [2.05, 4.69) is 6.92 Å². The highest BCUT2D eigenvalue weighted by Crippen LogP contribution is 2.27. The molecule has 0 radical (unpaired) electrons. The van der Waals surface area contributed by atoms with Crippen molar-refractivity contribution < 1.29 is 9.90 Å². The fraction of sp³-hybridized carbons (Fsp3) is 0.308. The molecule has 0 saturated carbocycles. The Morgan fingerprint density at radius 2 is 2.12 bits per heavy atom. The van der Waals surface area contributed by atoms with Crippen LogP contribution in [0.2, 0.25) is 0 Å². The van der Waals surface area contributed by atoms with Gasteiger partial charge in [-0.2, -0.15) is 0 Å². The van der Waals surface area contributed by atoms with Crippen LogP contribution in [-0.2, 0) is 13.5 Å². The zero-order valence-corrected chi connectivity index (χ0v) is 9.74. The summed E-state index contributed by atoms with van der Waals surface area (Å²) in [4.78, 5) is 11.2. The summed E-state index contributed by atoms with van der Waals surface area (Å²) in [6, 6.07) is 6.02. The van der Waals surface area contributed by atoms with Crippen molar-refractivity contribution in [2.75, 3.05) is 0 Å². The van der Waals surface area contributed by atoms with E-state index in [1.54, 1.807) is 4.57 Å². The molecule has 3 nitrogen and oxygen atoms in total. The molecule has 3 heteroatoms. The molecule has 2 aromatic rings. The molecule has 1 N–H and O–H groups in total. The predicted octanol–water partition coefficient (Wildman–Crippen LogP) is 2.75. The maximum Gasteiger partial charge on any atom is 0.352 e. The number of fused-ring (bicyclic) bond motifs is 1. The molecule has 0 aliphatic heterocycles. The number of carbonyl (C=O) groups is 1. The molecular weight excluding hydrogens is 202 g/mol. The van der Waals surface area contributed by atoms with Crippen LogP contribution in [0.1, 0.15) is 28.5 Å². The summed E-state index contributed by atoms with van der Waals surface area (Å²) in [5.74, 6) is -0.863. The highest BCUT2D eigenvalue weighted by atomic mass is 16.4. The minimum atomic E-state index is -0.863. The van der Waals surface area contributed by atoms with E-state index in [0.717, 1.165) is 22.9 Å². The van der Waals surface area contributed by atoms with Gasteiger partial charge in [0.2, 0.25) is 0 Å². The van der Waals surface area contributed by atoms with Crippen LogP contribution in [0.25, 0.3) is 10.9 Å². The number of hydrogen-bond acceptors (Lipinski definition) is 1. The van der Waals surface area contributed by atoms with Gasteiger partial charge in [0.05, 0.1) is 5.52 Å². The Hall–Kier alpha value is -1.77. The lowest BCUT2D eigenvalue weighted by Crippen LogP contribution is -2.06. The zero-order valence-electron chi connectivity index (χ0n) is 9.74. The molecule has 0 bridgehead atoms. The number of benzene rings is 1. The number of aromatic nitrogens is 1. The number of carboxylic acids is 1. The maximum absolute atomic E-state index is 11.2. The van der Waals surface area contributed by atoms with E-state index in [4.69, 9.17) is 0 Å². The molecule has 1 aromatic carbocycles. The van der Waals surface area contributed by atoms with E-state index in [9.17, 15) is 9.90 Å². The van der Waals surface area contributed by atoms with Gasteiger partial charge in [0, 0.05) is 12.4 Å². The maximum atomic E-state index is 11.2. The molecule has 1 aromatic heterocycles. The van der Waals surface area contributed by atoms with Gasteiger partial charge < -0.3 is 9.67 Å². The summed E-state index contributed by atoms with van der Waals surface area (Å²) < 4.78 is 1.78. The lowest BCUT2D eigenvalue weighted by Gasteiger charge is -2.04. The number of para-hydroxylation sites is 1. The van der Waals surface area contributed by atoms with Gasteiger partial charge in [0.1, 0.15) is 5.69 Å². The third-order valence-electron chi connectivity index (χ3n) is 3.13. The molecule has 16 heavy (non-hydrogen) atoms. The second-order valence-electron chi connectivity index (χ2n) is 4.00. The second-order valence-corrected chi connectivity index (χ2v) is 4.00. The molecule has 0 amide bonds. The van der Waals surface area contributed by atoms with Gasteiger partial charge in [0.15, 0.2) is 0 Å². The van der Waals surface area contributed by atoms with Gasteiger partial charge in [0.25, 0.3) is 0 Å². The van der Waals surface area contributed by atoms with Crippen molar-refractivity contribution in [2.45, 2.75) is 20.3 Å². The van der Waals surface area contributed by atoms with Crippen LogP contribution in [0.5, 0.6) is 0 Å². The summed E-state index contributed by atoms with van der Waals surface area (Å²) in [5.41, 5.74) is 3.46. The van der Waals surface area contributed by atoms with Gasteiger partial charge in [-0.1, -0.05) is 25.1 Å². The highest BCUT2D eigenvalue weighted by Gasteiger charge is 2.18. The Bertz CT molecular complexity index is 567. The Morgan fingerprint density at radius 3 is 2.69 bits per heavy atom. The monoisotopic (exact) mass is 217 g/mol. The molecule has 0 aliphatic carbocycles. The molecule has 0 saturated heterocycles. The van der Waals surface area contributed by atoms with Gasteiger partial charge in [-0.3, -0.25) is 0 Å². The molecule has 0 aliphatic rings. The number of hydrogen-bond donors (Lipinski definition) is 1. The highest BCUT2D eigenvalue weighted by molar-refractivity contribution is 5.99. The van der Waals surface area contributed by atoms with Crippen molar-refractivity contribution in [3.05, 3.63) is 35.0 Å². The van der Waals surface area contributed by atoms with Crippen LogP contribution in [0, 0.1) is 6.92 Å². The quantitative estimate of drug-likeness (QED) is 0.840. The van der Waals surface area contributed by atoms with Crippen LogP contribution in [0.3, 0.4) is 0 Å². The Kier molecular flexibility index (Phi) is 2.46. The van der Waals surface area contributed by atoms with Crippen molar-refractivity contribution in [1.29, 1.82) is 0 Å². The van der Waals surface area contributed by atoms with Gasteiger partial charge in [-0.05, 0) is 24.5 Å². The molecule has 0 fully saturated rings. The van der Waals surface area contributed by atoms with Crippen LogP contribution >= 0.6 is 0 Å². The van der Waals surface area contributed by atoms with E-state index in [0.29, 0.717) is 5.69 Å². The average molecular weight is 217 g/mol. The fourth-order valence-electron chi connectivity index (χ4n) is 2.37. The van der Waals surface area contributed by atoms with Crippen LogP contribution in [0.4, 0.5) is 0 Å². The SMILES string of the molecule is CCc1cccc2c(C)c(C(=O)O)n(C)c12. The van der Waals surface area contributed by atoms with Gasteiger partial charge in [-0.25, -0.2) is 4.79 Å². The third-order valence-corrected chi connectivity index (χ3v) is 3.13. The topological polar surface area (TPSA) is 42.2 Å². The first-order valence-electron chi connectivity index (χ1n) is 5.38. The first-order chi connectivity index (χ1) is 7.57. The summed E-state index contributed by atoms with van der Waals surface area (Å²) in [6.45, 7) is 3.95. The standard InChI is InChI=1S/C13H15NO2/c1-4-9-6-5-7-10-8(2)11(13(15)16)14(3)12(9)10/h5-7H,4H2,1-3H3,(H,15,16). The Balaban J connectivity index is 2.93. The smallest absolute Gasteiger partial charge is 0.352 e. The minimum absolute atomic E-state index is 0.385. The number of aryl methyl sites for hydroxylation is 3. The van der Waals surface area contributed by atoms with E-state index in [1.807, 2.05) is 32.2 Å². The number of aromatic carboxylic acids is 1. The van der Waals surface area contributed by atoms with Crippen molar-refractivity contribution in [3.63, 3.8) is 0 Å². The third kappa shape index (κ3) is 1.32. The van der Waals surface area contributed by atoms with E-state index in [-0.39, 0.29) is 0 Å². The zero-order chi connectivity index (χ0) is 11.9. The van der Waals surface area contributed by atoms with E-state index in [1.165, 1.54) is 5.56 Å². The lowest BCUT2D eigenvalue weighted by molar-refractivity contribution is 0.0686. The summed E-state index contributed by atoms with van der Waals surface area (Å²) in [6.07, 6.45) is 0.910. The predicted molar refractivity (Wildman–Crippen MR) is 64.0 cm³/mol. The van der Waals surface area contributed by atoms with Crippen molar-refractivity contribution in [3.8, 4) is 0 Å². The summed E-state index contributed by atoms with van der Waals surface area (Å²) in [7, 11) is 1.82. The van der Waals surface area contributed by atoms with Crippen molar-refractivity contribution in [2.24, 2.45) is 7.05 Å². The van der Waals surface area contributed by atoms with Crippen LogP contribution in [-0.4, -0.2) is 15.6 Å². The fourth-order valence-corrected chi connectivity index (χ4v) is 2.37. The van der Waals surface area contributed by atoms with Crippen molar-refractivity contribution >= 4 is 16.9 Å². The number of rotatable bonds is 2. The normalized spacial score (nSPS) is 10.9. The molecule has 1 heterocycles. The molecule has 0 atom stereocenters. The summed E-state index contributed by atoms with van der Waals surface area (Å²) in [5, 5.41) is 10.2. The van der Waals surface area contributed by atoms with Gasteiger partial charge in [-0.15, -0.1) is 0 Å². The summed E-state index contributed by atoms with van der Waals surface area (Å²) >= 11 is 0. The van der Waals surface area contributed by atoms with E-state index < -0.39 is 5.97 Å². The number of carboxylic acid groups (broad SMARTS) is 1. The van der Waals surface area contributed by atoms with Gasteiger partial charge >= 0.3 is 5.97 Å². The van der Waals surface area contributed by atoms with E-state index >= 15 is 0 Å². The Labute approximate surface area is 94.3 Å². The Morgan fingerprint density at radius 1 is 1.44 bits per heavy atom. The minimum Gasteiger partial charge on any atom is -0.477 e. The van der Waals surface area contributed by atoms with Crippen molar-refractivity contribution in [1.82, 2.24) is 4.57 Å². The molecule has 0 unspecified atom stereocenters. The second kappa shape index (κ2) is 3.67. The molecule has 2 rings (SSSR count). The average Bonchev–Trinajstić information content (AvgIpc) is 2.51. The first kappa shape index (κ1) is 10.7. The van der Waals surface area contributed by atoms with Crippen LogP contribution in [0.15, 0.2) is 18.2 Å². The van der Waals surface area contributed by atoms with Crippen LogP contribution < -0.4 is 0 Å². The lowest BCUT2D eigenvalue weighted by atomic mass is 10.1.